The average Bonchev–Trinajstić information content (AvgIpc) is 2.81. The highest BCUT2D eigenvalue weighted by Crippen LogP contribution is 2.37. The quantitative estimate of drug-likeness (QED) is 0.333. The number of aliphatic hydroxyl groups is 1. The van der Waals surface area contributed by atoms with Crippen LogP contribution >= 0.6 is 8.46 Å². The highest BCUT2D eigenvalue weighted by atomic mass is 31.1. The minimum atomic E-state index is -2.33. The van der Waals surface area contributed by atoms with E-state index in [9.17, 15) is 24.1 Å². The van der Waals surface area contributed by atoms with Crippen LogP contribution in [0.4, 0.5) is 10.5 Å². The molecule has 0 aliphatic rings. The normalized spacial score (nSPS) is 14.8. The Morgan fingerprint density at radius 3 is 2.09 bits per heavy atom. The maximum absolute atomic E-state index is 13.3. The molecule has 10 heteroatoms. The Morgan fingerprint density at radius 1 is 1.00 bits per heavy atom. The van der Waals surface area contributed by atoms with E-state index in [0.29, 0.717) is 11.3 Å². The predicted molar refractivity (Wildman–Crippen MR) is 132 cm³/mol. The van der Waals surface area contributed by atoms with Crippen molar-refractivity contribution in [2.24, 2.45) is 5.92 Å². The first-order valence-corrected chi connectivity index (χ1v) is 12.0. The number of carbonyl (C=O) groups is 3. The molecule has 0 heterocycles. The van der Waals surface area contributed by atoms with E-state index in [1.807, 2.05) is 0 Å². The number of benzene rings is 2. The monoisotopic (exact) mass is 503 g/mol. The van der Waals surface area contributed by atoms with Crippen LogP contribution in [0, 0.1) is 5.92 Å². The fraction of sp³-hybridized carbons (Fsp3) is 0.400. The summed E-state index contributed by atoms with van der Waals surface area (Å²) in [5, 5.41) is 14.6. The fourth-order valence-electron chi connectivity index (χ4n) is 3.45. The van der Waals surface area contributed by atoms with E-state index >= 15 is 0 Å². The van der Waals surface area contributed by atoms with Gasteiger partial charge < -0.3 is 25.2 Å². The molecular formula is C25H32N2O7P+. The second-order valence-electron chi connectivity index (χ2n) is 9.00. The summed E-state index contributed by atoms with van der Waals surface area (Å²) in [4.78, 5) is 38.1. The third-order valence-electron chi connectivity index (χ3n) is 5.16. The molecule has 188 valence electrons. The summed E-state index contributed by atoms with van der Waals surface area (Å²) in [5.41, 5.74) is 0.282. The van der Waals surface area contributed by atoms with Crippen molar-refractivity contribution in [3.05, 3.63) is 66.2 Å². The molecule has 0 bridgehead atoms. The van der Waals surface area contributed by atoms with Crippen LogP contribution < -0.4 is 10.6 Å². The third-order valence-corrected chi connectivity index (χ3v) is 6.18. The largest absolute Gasteiger partial charge is 0.469 e. The molecule has 0 aliphatic carbocycles. The first-order valence-electron chi connectivity index (χ1n) is 11.1. The molecule has 35 heavy (non-hydrogen) atoms. The van der Waals surface area contributed by atoms with E-state index in [-0.39, 0.29) is 6.42 Å². The maximum atomic E-state index is 13.3. The molecule has 0 radical (unpaired) electrons. The maximum Gasteiger partial charge on any atom is 0.408 e. The number of esters is 1. The van der Waals surface area contributed by atoms with Crippen molar-refractivity contribution in [1.29, 1.82) is 0 Å². The highest BCUT2D eigenvalue weighted by Gasteiger charge is 2.57. The second kappa shape index (κ2) is 12.4. The van der Waals surface area contributed by atoms with Crippen LogP contribution in [0.15, 0.2) is 60.7 Å². The van der Waals surface area contributed by atoms with Crippen LogP contribution in [0.25, 0.3) is 0 Å². The Kier molecular flexibility index (Phi) is 9.92. The molecule has 0 fully saturated rings. The van der Waals surface area contributed by atoms with Gasteiger partial charge in [-0.05, 0) is 38.5 Å². The summed E-state index contributed by atoms with van der Waals surface area (Å²) in [5.74, 6) is -3.06. The molecule has 0 aromatic heterocycles. The zero-order valence-corrected chi connectivity index (χ0v) is 21.2. The van der Waals surface area contributed by atoms with Crippen LogP contribution in [-0.2, 0) is 30.0 Å². The number of nitrogens with one attached hydrogen (secondary N) is 2. The molecular weight excluding hydrogens is 471 g/mol. The van der Waals surface area contributed by atoms with Gasteiger partial charge in [0.2, 0.25) is 5.91 Å². The molecule has 4 atom stereocenters. The van der Waals surface area contributed by atoms with Gasteiger partial charge in [0.05, 0.1) is 13.5 Å². The summed E-state index contributed by atoms with van der Waals surface area (Å²) in [7, 11) is -0.331. The molecule has 3 N–H and O–H groups in total. The predicted octanol–water partition coefficient (Wildman–Crippen LogP) is 3.65. The van der Waals surface area contributed by atoms with Crippen molar-refractivity contribution in [3.8, 4) is 0 Å². The topological polar surface area (TPSA) is 131 Å². The lowest BCUT2D eigenvalue weighted by atomic mass is 9.87. The average molecular weight is 504 g/mol. The van der Waals surface area contributed by atoms with Gasteiger partial charge in [0.25, 0.3) is 5.34 Å². The zero-order chi connectivity index (χ0) is 26.1. The van der Waals surface area contributed by atoms with E-state index in [1.165, 1.54) is 0 Å². The van der Waals surface area contributed by atoms with Crippen molar-refractivity contribution in [2.75, 3.05) is 12.4 Å². The lowest BCUT2D eigenvalue weighted by molar-refractivity contribution is -0.146. The van der Waals surface area contributed by atoms with E-state index in [1.54, 1.807) is 81.4 Å². The molecule has 0 saturated heterocycles. The standard InChI is InChI=1S/C25H31N2O7P/c1-24(2,3)34-23(30)27-20(15-17-11-7-5-8-12-17)25(31,35-32)19(16-21(28)33-4)22(29)26-18-13-9-6-10-14-18/h5-14,19-20,31H,15-16H2,1-4H3,(H,26,29)(H,27,30)/p+1. The number of rotatable bonds is 10. The van der Waals surface area contributed by atoms with Gasteiger partial charge in [0.1, 0.15) is 17.6 Å². The molecule has 2 aromatic carbocycles. The minimum Gasteiger partial charge on any atom is -0.469 e. The third kappa shape index (κ3) is 8.46. The molecule has 0 aliphatic heterocycles. The SMILES string of the molecule is COC(=O)CC(C(=O)Nc1ccccc1)C(O)([PH+]=O)C(Cc1ccccc1)NC(=O)OC(C)(C)C. The van der Waals surface area contributed by atoms with E-state index in [4.69, 9.17) is 9.47 Å². The van der Waals surface area contributed by atoms with Gasteiger partial charge in [-0.25, -0.2) is 4.79 Å². The lowest BCUT2D eigenvalue weighted by Gasteiger charge is -2.32. The number of alkyl carbamates (subject to hydrolysis) is 1. The van der Waals surface area contributed by atoms with Crippen LogP contribution in [0.5, 0.6) is 0 Å². The van der Waals surface area contributed by atoms with Crippen LogP contribution in [0.2, 0.25) is 0 Å². The second-order valence-corrected chi connectivity index (χ2v) is 10.0. The number of methoxy groups -OCH3 is 1. The molecule has 0 saturated carbocycles. The Bertz CT molecular complexity index is 1010. The molecule has 0 spiro atoms. The van der Waals surface area contributed by atoms with Gasteiger partial charge in [-0.1, -0.05) is 53.1 Å². The molecule has 2 aromatic rings. The number of anilines is 1. The van der Waals surface area contributed by atoms with Gasteiger partial charge in [0.15, 0.2) is 0 Å². The number of amides is 2. The van der Waals surface area contributed by atoms with Gasteiger partial charge in [-0.2, -0.15) is 0 Å². The number of carbonyl (C=O) groups excluding carboxylic acids is 3. The first kappa shape index (κ1) is 28.0. The van der Waals surface area contributed by atoms with E-state index in [2.05, 4.69) is 10.6 Å². The summed E-state index contributed by atoms with van der Waals surface area (Å²) >= 11 is 0. The highest BCUT2D eigenvalue weighted by molar-refractivity contribution is 7.25. The van der Waals surface area contributed by atoms with Crippen molar-refractivity contribution in [3.63, 3.8) is 0 Å². The minimum absolute atomic E-state index is 0.0160. The van der Waals surface area contributed by atoms with Gasteiger partial charge >= 0.3 is 20.5 Å². The summed E-state index contributed by atoms with van der Waals surface area (Å²) < 4.78 is 22.6. The molecule has 4 unspecified atom stereocenters. The van der Waals surface area contributed by atoms with E-state index in [0.717, 1.165) is 7.11 Å². The number of hydrogen-bond donors (Lipinski definition) is 3. The fourth-order valence-corrected chi connectivity index (χ4v) is 4.14. The van der Waals surface area contributed by atoms with Gasteiger partial charge in [0, 0.05) is 12.1 Å². The Hall–Kier alpha value is -3.29. The number of hydrogen-bond acceptors (Lipinski definition) is 7. The molecule has 2 rings (SSSR count). The zero-order valence-electron chi connectivity index (χ0n) is 20.2. The number of ether oxygens (including phenoxy) is 2. The Labute approximate surface area is 206 Å². The van der Waals surface area contributed by atoms with Gasteiger partial charge in [-0.15, -0.1) is 0 Å². The smallest absolute Gasteiger partial charge is 0.408 e. The van der Waals surface area contributed by atoms with Crippen molar-refractivity contribution >= 4 is 32.1 Å². The molecule has 9 nitrogen and oxygen atoms in total. The van der Waals surface area contributed by atoms with Crippen molar-refractivity contribution in [2.45, 2.75) is 50.6 Å². The van der Waals surface area contributed by atoms with Gasteiger partial charge in [-0.3, -0.25) is 9.59 Å². The summed E-state index contributed by atoms with van der Waals surface area (Å²) in [6.45, 7) is 5.02. The van der Waals surface area contributed by atoms with Crippen molar-refractivity contribution in [1.82, 2.24) is 5.32 Å². The van der Waals surface area contributed by atoms with E-state index < -0.39 is 55.8 Å². The lowest BCUT2D eigenvalue weighted by Crippen LogP contribution is -2.58. The Balaban J connectivity index is 2.48. The number of para-hydroxylation sites is 1. The van der Waals surface area contributed by atoms with Crippen molar-refractivity contribution < 1.29 is 33.5 Å². The van der Waals surface area contributed by atoms with Crippen LogP contribution in [0.3, 0.4) is 0 Å². The first-order chi connectivity index (χ1) is 16.5. The van der Waals surface area contributed by atoms with Crippen LogP contribution in [-0.4, -0.2) is 47.2 Å². The summed E-state index contributed by atoms with van der Waals surface area (Å²) in [6.07, 6.45) is -1.42. The summed E-state index contributed by atoms with van der Waals surface area (Å²) in [6, 6.07) is 16.0. The Morgan fingerprint density at radius 2 is 1.57 bits per heavy atom. The molecule has 2 amide bonds. The van der Waals surface area contributed by atoms with Crippen LogP contribution in [0.1, 0.15) is 32.8 Å².